The molecule has 0 aromatic heterocycles. The molecule has 0 saturated carbocycles. The Kier molecular flexibility index (Phi) is 4.00. The quantitative estimate of drug-likeness (QED) is 0.889. The first-order valence-electron chi connectivity index (χ1n) is 5.82. The van der Waals surface area contributed by atoms with Gasteiger partial charge in [0, 0.05) is 16.6 Å². The zero-order valence-corrected chi connectivity index (χ0v) is 10.9. The van der Waals surface area contributed by atoms with Crippen LogP contribution in [0, 0.1) is 12.7 Å². The molecule has 1 atom stereocenters. The highest BCUT2D eigenvalue weighted by Crippen LogP contribution is 2.21. The molecule has 0 aliphatic carbocycles. The fourth-order valence-corrected chi connectivity index (χ4v) is 2.17. The first kappa shape index (κ1) is 13.1. The lowest BCUT2D eigenvalue weighted by molar-refractivity contribution is 0.579. The molecular weight excluding hydrogens is 249 g/mol. The topological polar surface area (TPSA) is 26.0 Å². The van der Waals surface area contributed by atoms with Crippen LogP contribution in [0.25, 0.3) is 0 Å². The number of halogens is 2. The van der Waals surface area contributed by atoms with Gasteiger partial charge in [-0.1, -0.05) is 35.9 Å². The molecule has 0 heterocycles. The predicted molar refractivity (Wildman–Crippen MR) is 73.2 cm³/mol. The molecule has 0 fully saturated rings. The van der Waals surface area contributed by atoms with Crippen molar-refractivity contribution in [2.24, 2.45) is 5.73 Å². The van der Waals surface area contributed by atoms with E-state index in [4.69, 9.17) is 17.3 Å². The van der Waals surface area contributed by atoms with E-state index in [2.05, 4.69) is 0 Å². The Morgan fingerprint density at radius 2 is 2.00 bits per heavy atom. The van der Waals surface area contributed by atoms with Gasteiger partial charge in [0.1, 0.15) is 5.82 Å². The van der Waals surface area contributed by atoms with E-state index in [1.54, 1.807) is 6.07 Å². The van der Waals surface area contributed by atoms with Gasteiger partial charge in [0.05, 0.1) is 0 Å². The number of rotatable bonds is 3. The fourth-order valence-electron chi connectivity index (χ4n) is 1.96. The molecule has 94 valence electrons. The molecule has 2 N–H and O–H groups in total. The molecule has 0 saturated heterocycles. The highest BCUT2D eigenvalue weighted by molar-refractivity contribution is 6.30. The molecule has 2 aromatic rings. The van der Waals surface area contributed by atoms with Crippen LogP contribution < -0.4 is 5.73 Å². The molecule has 0 bridgehead atoms. The molecule has 0 radical (unpaired) electrons. The van der Waals surface area contributed by atoms with E-state index in [1.165, 1.54) is 6.07 Å². The van der Waals surface area contributed by atoms with Gasteiger partial charge in [-0.05, 0) is 42.7 Å². The molecule has 18 heavy (non-hydrogen) atoms. The third-order valence-electron chi connectivity index (χ3n) is 2.90. The standard InChI is InChI=1S/C15H15ClFN/c1-10-5-6-13(14(17)7-10)15(18)9-11-3-2-4-12(16)8-11/h2-8,15H,9,18H2,1H3. The minimum Gasteiger partial charge on any atom is -0.324 e. The Morgan fingerprint density at radius 3 is 2.67 bits per heavy atom. The second-order valence-corrected chi connectivity index (χ2v) is 4.90. The van der Waals surface area contributed by atoms with Crippen molar-refractivity contribution in [3.63, 3.8) is 0 Å². The lowest BCUT2D eigenvalue weighted by Gasteiger charge is -2.13. The molecule has 0 amide bonds. The predicted octanol–water partition coefficient (Wildman–Crippen LogP) is 4.03. The van der Waals surface area contributed by atoms with Crippen LogP contribution in [-0.4, -0.2) is 0 Å². The van der Waals surface area contributed by atoms with Gasteiger partial charge in [0.25, 0.3) is 0 Å². The molecule has 0 aliphatic heterocycles. The molecule has 2 rings (SSSR count). The average Bonchev–Trinajstić information content (AvgIpc) is 2.28. The summed E-state index contributed by atoms with van der Waals surface area (Å²) >= 11 is 5.91. The summed E-state index contributed by atoms with van der Waals surface area (Å²) in [6.45, 7) is 1.86. The number of hydrogen-bond acceptors (Lipinski definition) is 1. The van der Waals surface area contributed by atoms with Crippen molar-refractivity contribution in [3.05, 3.63) is 70.0 Å². The Labute approximate surface area is 111 Å². The van der Waals surface area contributed by atoms with Crippen molar-refractivity contribution in [2.75, 3.05) is 0 Å². The number of nitrogens with two attached hydrogens (primary N) is 1. The van der Waals surface area contributed by atoms with E-state index in [0.717, 1.165) is 11.1 Å². The van der Waals surface area contributed by atoms with Crippen molar-refractivity contribution in [2.45, 2.75) is 19.4 Å². The summed E-state index contributed by atoms with van der Waals surface area (Å²) in [5, 5.41) is 0.670. The van der Waals surface area contributed by atoms with Gasteiger partial charge in [-0.15, -0.1) is 0 Å². The van der Waals surface area contributed by atoms with Gasteiger partial charge in [-0.3, -0.25) is 0 Å². The molecule has 1 unspecified atom stereocenters. The second-order valence-electron chi connectivity index (χ2n) is 4.47. The summed E-state index contributed by atoms with van der Waals surface area (Å²) in [6, 6.07) is 12.2. The van der Waals surface area contributed by atoms with Crippen LogP contribution in [0.3, 0.4) is 0 Å². The summed E-state index contributed by atoms with van der Waals surface area (Å²) in [4.78, 5) is 0. The first-order valence-corrected chi connectivity index (χ1v) is 6.20. The lowest BCUT2D eigenvalue weighted by atomic mass is 9.98. The van der Waals surface area contributed by atoms with E-state index in [9.17, 15) is 4.39 Å². The normalized spacial score (nSPS) is 12.4. The van der Waals surface area contributed by atoms with Gasteiger partial charge in [-0.25, -0.2) is 4.39 Å². The Bertz CT molecular complexity index is 554. The SMILES string of the molecule is Cc1ccc(C(N)Cc2cccc(Cl)c2)c(F)c1. The van der Waals surface area contributed by atoms with E-state index >= 15 is 0 Å². The average molecular weight is 264 g/mol. The zero-order valence-electron chi connectivity index (χ0n) is 10.2. The third kappa shape index (κ3) is 3.09. The fraction of sp³-hybridized carbons (Fsp3) is 0.200. The van der Waals surface area contributed by atoms with Gasteiger partial charge in [0.15, 0.2) is 0 Å². The Hall–Kier alpha value is -1.38. The van der Waals surface area contributed by atoms with E-state index in [-0.39, 0.29) is 11.9 Å². The van der Waals surface area contributed by atoms with Gasteiger partial charge < -0.3 is 5.73 Å². The summed E-state index contributed by atoms with van der Waals surface area (Å²) in [7, 11) is 0. The highest BCUT2D eigenvalue weighted by Gasteiger charge is 2.12. The van der Waals surface area contributed by atoms with E-state index in [0.29, 0.717) is 17.0 Å². The van der Waals surface area contributed by atoms with Crippen LogP contribution in [0.4, 0.5) is 4.39 Å². The summed E-state index contributed by atoms with van der Waals surface area (Å²) in [6.07, 6.45) is 0.570. The minimum absolute atomic E-state index is 0.246. The van der Waals surface area contributed by atoms with Crippen molar-refractivity contribution in [1.82, 2.24) is 0 Å². The van der Waals surface area contributed by atoms with Crippen LogP contribution >= 0.6 is 11.6 Å². The smallest absolute Gasteiger partial charge is 0.128 e. The van der Waals surface area contributed by atoms with Crippen molar-refractivity contribution in [1.29, 1.82) is 0 Å². The van der Waals surface area contributed by atoms with Crippen molar-refractivity contribution >= 4 is 11.6 Å². The lowest BCUT2D eigenvalue weighted by Crippen LogP contribution is -2.15. The molecule has 3 heteroatoms. The maximum Gasteiger partial charge on any atom is 0.128 e. The van der Waals surface area contributed by atoms with Crippen LogP contribution in [0.5, 0.6) is 0 Å². The van der Waals surface area contributed by atoms with Gasteiger partial charge in [0.2, 0.25) is 0 Å². The van der Waals surface area contributed by atoms with Crippen LogP contribution in [0.15, 0.2) is 42.5 Å². The first-order chi connectivity index (χ1) is 8.56. The van der Waals surface area contributed by atoms with E-state index < -0.39 is 0 Å². The third-order valence-corrected chi connectivity index (χ3v) is 3.14. The highest BCUT2D eigenvalue weighted by atomic mass is 35.5. The molecule has 1 nitrogen and oxygen atoms in total. The number of benzene rings is 2. The molecule has 0 spiro atoms. The van der Waals surface area contributed by atoms with Gasteiger partial charge in [-0.2, -0.15) is 0 Å². The van der Waals surface area contributed by atoms with Crippen molar-refractivity contribution in [3.8, 4) is 0 Å². The minimum atomic E-state index is -0.357. The summed E-state index contributed by atoms with van der Waals surface area (Å²) in [5.74, 6) is -0.246. The Morgan fingerprint density at radius 1 is 1.22 bits per heavy atom. The molecule has 0 aliphatic rings. The van der Waals surface area contributed by atoms with E-state index in [1.807, 2.05) is 37.3 Å². The second kappa shape index (κ2) is 5.51. The van der Waals surface area contributed by atoms with Crippen LogP contribution in [0.1, 0.15) is 22.7 Å². The monoisotopic (exact) mass is 263 g/mol. The maximum absolute atomic E-state index is 13.8. The zero-order chi connectivity index (χ0) is 13.1. The number of hydrogen-bond donors (Lipinski definition) is 1. The largest absolute Gasteiger partial charge is 0.324 e. The molecule has 2 aromatic carbocycles. The van der Waals surface area contributed by atoms with Crippen LogP contribution in [-0.2, 0) is 6.42 Å². The Balaban J connectivity index is 2.19. The van der Waals surface area contributed by atoms with Gasteiger partial charge >= 0.3 is 0 Å². The number of aryl methyl sites for hydroxylation is 1. The van der Waals surface area contributed by atoms with Crippen molar-refractivity contribution < 1.29 is 4.39 Å². The van der Waals surface area contributed by atoms with Crippen LogP contribution in [0.2, 0.25) is 5.02 Å². The summed E-state index contributed by atoms with van der Waals surface area (Å²) < 4.78 is 13.8. The molecular formula is C15H15ClFN. The maximum atomic E-state index is 13.8. The summed E-state index contributed by atoms with van der Waals surface area (Å²) in [5.41, 5.74) is 8.49.